The first-order valence-electron chi connectivity index (χ1n) is 5.40. The number of hydrazine groups is 1. The van der Waals surface area contributed by atoms with Crippen molar-refractivity contribution in [2.45, 2.75) is 26.3 Å². The molecule has 3 N–H and O–H groups in total. The average molecular weight is 279 g/mol. The number of nitrogens with two attached hydrogens (primary N) is 1. The van der Waals surface area contributed by atoms with E-state index in [0.717, 1.165) is 22.4 Å². The predicted molar refractivity (Wildman–Crippen MR) is 76.3 cm³/mol. The Morgan fingerprint density at radius 1 is 1.44 bits per heavy atom. The maximum absolute atomic E-state index is 5.89. The first-order valence-corrected chi connectivity index (χ1v) is 7.74. The summed E-state index contributed by atoms with van der Waals surface area (Å²) in [7, 11) is 0. The summed E-state index contributed by atoms with van der Waals surface area (Å²) in [5.41, 5.74) is 2.88. The molecule has 0 fully saturated rings. The quantitative estimate of drug-likeness (QED) is 0.594. The zero-order chi connectivity index (χ0) is 12.0. The molecule has 1 aromatic heterocycles. The van der Waals surface area contributed by atoms with E-state index in [1.165, 1.54) is 10.6 Å². The lowest BCUT2D eigenvalue weighted by Crippen LogP contribution is -2.38. The molecule has 0 bridgehead atoms. The third-order valence-corrected chi connectivity index (χ3v) is 4.88. The van der Waals surface area contributed by atoms with Gasteiger partial charge in [0.05, 0.1) is 4.34 Å². The maximum Gasteiger partial charge on any atom is 0.0931 e. The van der Waals surface area contributed by atoms with Gasteiger partial charge in [-0.25, -0.2) is 0 Å². The van der Waals surface area contributed by atoms with Crippen LogP contribution in [0.25, 0.3) is 0 Å². The molecule has 0 amide bonds. The molecule has 0 aliphatic rings. The van der Waals surface area contributed by atoms with Crippen molar-refractivity contribution in [2.75, 3.05) is 11.5 Å². The van der Waals surface area contributed by atoms with Crippen molar-refractivity contribution in [3.63, 3.8) is 0 Å². The van der Waals surface area contributed by atoms with E-state index in [-0.39, 0.29) is 0 Å². The van der Waals surface area contributed by atoms with E-state index in [1.54, 1.807) is 11.3 Å². The van der Waals surface area contributed by atoms with Crippen LogP contribution in [0.2, 0.25) is 4.34 Å². The van der Waals surface area contributed by atoms with Crippen molar-refractivity contribution in [2.24, 2.45) is 11.8 Å². The Balaban J connectivity index is 2.31. The third-order valence-electron chi connectivity index (χ3n) is 2.08. The molecule has 1 rings (SSSR count). The summed E-state index contributed by atoms with van der Waals surface area (Å²) in [4.78, 5) is 1.29. The summed E-state index contributed by atoms with van der Waals surface area (Å²) in [6, 6.07) is 4.35. The highest BCUT2D eigenvalue weighted by molar-refractivity contribution is 7.99. The molecule has 0 aliphatic carbocycles. The van der Waals surface area contributed by atoms with E-state index in [1.807, 2.05) is 17.8 Å². The van der Waals surface area contributed by atoms with Gasteiger partial charge in [0.15, 0.2) is 0 Å². The zero-order valence-corrected chi connectivity index (χ0v) is 12.1. The number of thioether (sulfide) groups is 1. The Morgan fingerprint density at radius 3 is 2.69 bits per heavy atom. The molecule has 1 atom stereocenters. The number of thiophene rings is 1. The highest BCUT2D eigenvalue weighted by Gasteiger charge is 2.09. The molecule has 92 valence electrons. The lowest BCUT2D eigenvalue weighted by atomic mass is 10.2. The first-order chi connectivity index (χ1) is 7.61. The molecule has 1 unspecified atom stereocenters. The van der Waals surface area contributed by atoms with E-state index in [4.69, 9.17) is 17.4 Å². The highest BCUT2D eigenvalue weighted by Crippen LogP contribution is 2.23. The van der Waals surface area contributed by atoms with Crippen LogP contribution >= 0.6 is 34.7 Å². The Bertz CT molecular complexity index is 302. The molecule has 0 aromatic carbocycles. The summed E-state index contributed by atoms with van der Waals surface area (Å²) in [5.74, 6) is 8.52. The van der Waals surface area contributed by atoms with Crippen molar-refractivity contribution in [3.05, 3.63) is 21.3 Å². The van der Waals surface area contributed by atoms with Crippen molar-refractivity contribution < 1.29 is 0 Å². The fourth-order valence-electron chi connectivity index (χ4n) is 1.32. The van der Waals surface area contributed by atoms with Gasteiger partial charge in [0.25, 0.3) is 0 Å². The molecule has 0 saturated carbocycles. The zero-order valence-electron chi connectivity index (χ0n) is 9.70. The van der Waals surface area contributed by atoms with Crippen LogP contribution in [-0.4, -0.2) is 17.5 Å². The molecular formula is C11H19ClN2S2. The van der Waals surface area contributed by atoms with E-state index in [9.17, 15) is 0 Å². The van der Waals surface area contributed by atoms with E-state index in [2.05, 4.69) is 25.3 Å². The summed E-state index contributed by atoms with van der Waals surface area (Å²) < 4.78 is 0.848. The summed E-state index contributed by atoms with van der Waals surface area (Å²) in [6.45, 7) is 4.47. The van der Waals surface area contributed by atoms with Gasteiger partial charge in [0, 0.05) is 16.7 Å². The van der Waals surface area contributed by atoms with Gasteiger partial charge >= 0.3 is 0 Å². The fourth-order valence-corrected chi connectivity index (χ4v) is 3.59. The van der Waals surface area contributed by atoms with Gasteiger partial charge in [0.2, 0.25) is 0 Å². The highest BCUT2D eigenvalue weighted by atomic mass is 35.5. The van der Waals surface area contributed by atoms with Gasteiger partial charge in [-0.1, -0.05) is 25.4 Å². The largest absolute Gasteiger partial charge is 0.271 e. The number of hydrogen-bond donors (Lipinski definition) is 2. The third kappa shape index (κ3) is 5.55. The molecule has 16 heavy (non-hydrogen) atoms. The monoisotopic (exact) mass is 278 g/mol. The summed E-state index contributed by atoms with van der Waals surface area (Å²) >= 11 is 9.48. The Hall–Kier alpha value is 0.260. The van der Waals surface area contributed by atoms with Crippen LogP contribution in [-0.2, 0) is 6.42 Å². The first kappa shape index (κ1) is 14.3. The second-order valence-corrected chi connectivity index (χ2v) is 7.08. The lowest BCUT2D eigenvalue weighted by molar-refractivity contribution is 0.578. The molecule has 0 saturated heterocycles. The molecular weight excluding hydrogens is 260 g/mol. The Morgan fingerprint density at radius 2 is 2.19 bits per heavy atom. The van der Waals surface area contributed by atoms with Crippen molar-refractivity contribution >= 4 is 34.7 Å². The molecule has 1 heterocycles. The summed E-state index contributed by atoms with van der Waals surface area (Å²) in [6.07, 6.45) is 0.957. The topological polar surface area (TPSA) is 38.0 Å². The maximum atomic E-state index is 5.89. The van der Waals surface area contributed by atoms with Crippen LogP contribution < -0.4 is 11.3 Å². The predicted octanol–water partition coefficient (Wildman–Crippen LogP) is 3.17. The molecule has 0 radical (unpaired) electrons. The SMILES string of the molecule is CC(C)CSCC(Cc1ccc(Cl)s1)NN. The standard InChI is InChI=1S/C11H19ClN2S2/c1-8(2)6-15-7-9(14-13)5-10-3-4-11(12)16-10/h3-4,8-9,14H,5-7,13H2,1-2H3. The Kier molecular flexibility index (Phi) is 6.77. The molecule has 0 aliphatic heterocycles. The lowest BCUT2D eigenvalue weighted by Gasteiger charge is -2.15. The Labute approximate surface area is 111 Å². The van der Waals surface area contributed by atoms with Crippen LogP contribution in [0.4, 0.5) is 0 Å². The number of nitrogens with one attached hydrogen (secondary N) is 1. The van der Waals surface area contributed by atoms with E-state index < -0.39 is 0 Å². The smallest absolute Gasteiger partial charge is 0.0931 e. The van der Waals surface area contributed by atoms with Crippen molar-refractivity contribution in [1.29, 1.82) is 0 Å². The number of halogens is 1. The molecule has 2 nitrogen and oxygen atoms in total. The minimum Gasteiger partial charge on any atom is -0.271 e. The summed E-state index contributed by atoms with van der Waals surface area (Å²) in [5, 5.41) is 0. The molecule has 0 spiro atoms. The van der Waals surface area contributed by atoms with Gasteiger partial charge in [-0.05, 0) is 30.2 Å². The van der Waals surface area contributed by atoms with Crippen LogP contribution in [0.5, 0.6) is 0 Å². The molecule has 1 aromatic rings. The minimum atomic E-state index is 0.332. The van der Waals surface area contributed by atoms with Crippen LogP contribution in [0.1, 0.15) is 18.7 Å². The second kappa shape index (κ2) is 7.56. The van der Waals surface area contributed by atoms with Crippen LogP contribution in [0.15, 0.2) is 12.1 Å². The van der Waals surface area contributed by atoms with Crippen molar-refractivity contribution in [1.82, 2.24) is 5.43 Å². The normalized spacial score (nSPS) is 13.3. The van der Waals surface area contributed by atoms with Gasteiger partial charge in [-0.2, -0.15) is 11.8 Å². The minimum absolute atomic E-state index is 0.332. The van der Waals surface area contributed by atoms with Gasteiger partial charge in [0.1, 0.15) is 0 Å². The van der Waals surface area contributed by atoms with Gasteiger partial charge in [-0.15, -0.1) is 11.3 Å². The van der Waals surface area contributed by atoms with E-state index in [0.29, 0.717) is 6.04 Å². The number of hydrogen-bond acceptors (Lipinski definition) is 4. The molecule has 5 heteroatoms. The van der Waals surface area contributed by atoms with Gasteiger partial charge in [-0.3, -0.25) is 11.3 Å². The van der Waals surface area contributed by atoms with E-state index >= 15 is 0 Å². The number of rotatable bonds is 7. The second-order valence-electron chi connectivity index (χ2n) is 4.20. The fraction of sp³-hybridized carbons (Fsp3) is 0.636. The van der Waals surface area contributed by atoms with Crippen LogP contribution in [0.3, 0.4) is 0 Å². The van der Waals surface area contributed by atoms with Crippen LogP contribution in [0, 0.1) is 5.92 Å². The average Bonchev–Trinajstić information content (AvgIpc) is 2.62. The van der Waals surface area contributed by atoms with Crippen molar-refractivity contribution in [3.8, 4) is 0 Å². The van der Waals surface area contributed by atoms with Gasteiger partial charge < -0.3 is 0 Å².